The predicted octanol–water partition coefficient (Wildman–Crippen LogP) is 4.94. The molecule has 0 aliphatic carbocycles. The van der Waals surface area contributed by atoms with Crippen molar-refractivity contribution in [1.29, 1.82) is 0 Å². The second-order valence-electron chi connectivity index (χ2n) is 18.2. The summed E-state index contributed by atoms with van der Waals surface area (Å²) in [6.07, 6.45) is 7.79. The van der Waals surface area contributed by atoms with Crippen LogP contribution in [0.25, 0.3) is 0 Å². The number of anilines is 4. The average Bonchev–Trinajstić information content (AvgIpc) is 3.68. The van der Waals surface area contributed by atoms with E-state index in [0.29, 0.717) is 37.3 Å². The quantitative estimate of drug-likeness (QED) is 0.0760. The Morgan fingerprint density at radius 3 is 2.38 bits per heavy atom. The maximum absolute atomic E-state index is 13.0. The van der Waals surface area contributed by atoms with Crippen molar-refractivity contribution >= 4 is 64.3 Å². The summed E-state index contributed by atoms with van der Waals surface area (Å²) >= 11 is 1.51. The molecule has 2 aromatic heterocycles. The Morgan fingerprint density at radius 1 is 0.855 bits per heavy atom. The first-order valence-electron chi connectivity index (χ1n) is 23.5. The Balaban J connectivity index is 0.650. The number of hydrogen-bond donors (Lipinski definition) is 4. The summed E-state index contributed by atoms with van der Waals surface area (Å²) in [4.78, 5) is 81.2. The lowest BCUT2D eigenvalue weighted by Gasteiger charge is -2.37. The number of carbonyl (C=O) groups excluding carboxylic acids is 5. The molecule has 3 saturated heterocycles. The summed E-state index contributed by atoms with van der Waals surface area (Å²) in [5, 5.41) is 17.6. The first kappa shape index (κ1) is 47.0. The van der Waals surface area contributed by atoms with Crippen molar-refractivity contribution in [2.45, 2.75) is 86.5 Å². The maximum atomic E-state index is 13.0. The molecule has 19 heteroatoms. The first-order valence-corrected chi connectivity index (χ1v) is 24.3. The van der Waals surface area contributed by atoms with Crippen LogP contribution in [0.4, 0.5) is 23.0 Å². The van der Waals surface area contributed by atoms with Crippen molar-refractivity contribution in [3.8, 4) is 5.75 Å². The van der Waals surface area contributed by atoms with E-state index in [-0.39, 0.29) is 54.4 Å². The molecule has 358 valence electrons. The topological polar surface area (TPSA) is 221 Å². The van der Waals surface area contributed by atoms with Gasteiger partial charge in [0.2, 0.25) is 17.7 Å². The standard InChI is InChI=1S/C50H56N12O6S/c1-50(51)18-20-60(21-19-50)43-30-53-46(31-52-43)69-38-6-4-5-35(28-38)55-44(63)7-2-3-26-68-37-11-9-36(10-12-37)59-22-24-61(25-23-59)42-16-14-40(57-58-42)47(65)54-29-33-8-13-39-34(27-33)32-62(49(39)67)41-15-17-45(64)56-48(41)66/h4-6,8-14,16,27-28,30-31,41H,2-3,7,15,17-26,29,32,51H2,1H3,(H,54,65)(H,55,63)(H,56,64,66). The number of amides is 5. The third-order valence-electron chi connectivity index (χ3n) is 13.0. The number of rotatable bonds is 16. The van der Waals surface area contributed by atoms with E-state index in [1.54, 1.807) is 24.4 Å². The van der Waals surface area contributed by atoms with Crippen LogP contribution >= 0.6 is 11.8 Å². The van der Waals surface area contributed by atoms with Crippen molar-refractivity contribution in [3.63, 3.8) is 0 Å². The number of piperidine rings is 2. The lowest BCUT2D eigenvalue weighted by molar-refractivity contribution is -0.137. The van der Waals surface area contributed by atoms with Gasteiger partial charge in [-0.05, 0) is 111 Å². The normalized spacial score (nSPS) is 17.9. The summed E-state index contributed by atoms with van der Waals surface area (Å²) in [5.41, 5.74) is 10.3. The maximum Gasteiger partial charge on any atom is 0.272 e. The molecule has 0 spiro atoms. The number of nitrogens with one attached hydrogen (secondary N) is 3. The van der Waals surface area contributed by atoms with Crippen molar-refractivity contribution < 1.29 is 28.7 Å². The summed E-state index contributed by atoms with van der Waals surface area (Å²) < 4.78 is 6.00. The molecule has 18 nitrogen and oxygen atoms in total. The van der Waals surface area contributed by atoms with E-state index in [1.807, 2.05) is 54.7 Å². The van der Waals surface area contributed by atoms with Gasteiger partial charge in [0.1, 0.15) is 22.6 Å². The molecule has 5 N–H and O–H groups in total. The summed E-state index contributed by atoms with van der Waals surface area (Å²) in [6, 6.07) is 24.0. The number of nitrogens with two attached hydrogens (primary N) is 1. The van der Waals surface area contributed by atoms with Crippen LogP contribution in [-0.4, -0.2) is 112 Å². The summed E-state index contributed by atoms with van der Waals surface area (Å²) in [6.45, 7) is 7.87. The molecule has 0 saturated carbocycles. The highest BCUT2D eigenvalue weighted by Crippen LogP contribution is 2.31. The minimum absolute atomic E-state index is 0.0399. The van der Waals surface area contributed by atoms with Gasteiger partial charge in [-0.25, -0.2) is 9.97 Å². The van der Waals surface area contributed by atoms with E-state index in [2.05, 4.69) is 69.9 Å². The van der Waals surface area contributed by atoms with Gasteiger partial charge < -0.3 is 40.7 Å². The third-order valence-corrected chi connectivity index (χ3v) is 13.9. The average molecular weight is 953 g/mol. The summed E-state index contributed by atoms with van der Waals surface area (Å²) in [7, 11) is 0. The Labute approximate surface area is 404 Å². The number of fused-ring (bicyclic) bond motifs is 1. The molecule has 4 aliphatic heterocycles. The van der Waals surface area contributed by atoms with E-state index in [9.17, 15) is 24.0 Å². The first-order chi connectivity index (χ1) is 33.4. The number of imide groups is 1. The molecular formula is C50H56N12O6S. The zero-order chi connectivity index (χ0) is 47.9. The number of aromatic nitrogens is 4. The predicted molar refractivity (Wildman–Crippen MR) is 261 cm³/mol. The zero-order valence-electron chi connectivity index (χ0n) is 38.6. The monoisotopic (exact) mass is 952 g/mol. The summed E-state index contributed by atoms with van der Waals surface area (Å²) in [5.74, 6) is 0.912. The largest absolute Gasteiger partial charge is 0.494 e. The Kier molecular flexibility index (Phi) is 14.3. The number of piperazine rings is 1. The van der Waals surface area contributed by atoms with Crippen molar-refractivity contribution in [2.75, 3.05) is 65.9 Å². The molecule has 69 heavy (non-hydrogen) atoms. The van der Waals surface area contributed by atoms with Crippen LogP contribution in [0.3, 0.4) is 0 Å². The van der Waals surface area contributed by atoms with Crippen LogP contribution in [0.1, 0.15) is 83.8 Å². The number of unbranched alkanes of at least 4 members (excludes halogenated alkanes) is 1. The molecule has 6 heterocycles. The fourth-order valence-corrected chi connectivity index (χ4v) is 9.69. The van der Waals surface area contributed by atoms with Crippen LogP contribution < -0.4 is 41.1 Å². The number of benzene rings is 3. The molecule has 3 fully saturated rings. The molecule has 0 radical (unpaired) electrons. The van der Waals surface area contributed by atoms with Crippen molar-refractivity contribution in [3.05, 3.63) is 114 Å². The van der Waals surface area contributed by atoms with Gasteiger partial charge in [0.15, 0.2) is 11.5 Å². The van der Waals surface area contributed by atoms with E-state index < -0.39 is 11.9 Å². The van der Waals surface area contributed by atoms with Crippen molar-refractivity contribution in [2.24, 2.45) is 5.73 Å². The van der Waals surface area contributed by atoms with E-state index >= 15 is 0 Å². The Bertz CT molecular complexity index is 2670. The minimum Gasteiger partial charge on any atom is -0.494 e. The van der Waals surface area contributed by atoms with Gasteiger partial charge in [0.25, 0.3) is 11.8 Å². The lowest BCUT2D eigenvalue weighted by atomic mass is 9.91. The lowest BCUT2D eigenvalue weighted by Crippen LogP contribution is -2.52. The van der Waals surface area contributed by atoms with Crippen LogP contribution in [0.5, 0.6) is 5.75 Å². The molecule has 5 amide bonds. The van der Waals surface area contributed by atoms with Crippen molar-refractivity contribution in [1.82, 2.24) is 35.7 Å². The van der Waals surface area contributed by atoms with Crippen LogP contribution in [0.15, 0.2) is 101 Å². The second kappa shape index (κ2) is 21.0. The van der Waals surface area contributed by atoms with Gasteiger partial charge in [-0.2, -0.15) is 0 Å². The molecule has 4 aliphatic rings. The van der Waals surface area contributed by atoms with E-state index in [0.717, 1.165) is 103 Å². The molecule has 1 atom stereocenters. The zero-order valence-corrected chi connectivity index (χ0v) is 39.4. The molecule has 9 rings (SSSR count). The molecule has 1 unspecified atom stereocenters. The smallest absolute Gasteiger partial charge is 0.272 e. The number of hydrogen-bond acceptors (Lipinski definition) is 15. The fourth-order valence-electron chi connectivity index (χ4n) is 8.90. The van der Waals surface area contributed by atoms with Gasteiger partial charge in [-0.3, -0.25) is 29.3 Å². The van der Waals surface area contributed by atoms with Crippen LogP contribution in [0.2, 0.25) is 0 Å². The number of nitrogens with zero attached hydrogens (tertiary/aromatic N) is 8. The second-order valence-corrected chi connectivity index (χ2v) is 19.3. The van der Waals surface area contributed by atoms with Crippen LogP contribution in [-0.2, 0) is 27.5 Å². The highest BCUT2D eigenvalue weighted by atomic mass is 32.2. The van der Waals surface area contributed by atoms with Gasteiger partial charge in [0, 0.05) is 92.6 Å². The molecule has 5 aromatic rings. The number of carbonyl (C=O) groups is 5. The highest BCUT2D eigenvalue weighted by molar-refractivity contribution is 7.99. The Hall–Kier alpha value is -7.12. The van der Waals surface area contributed by atoms with Gasteiger partial charge >= 0.3 is 0 Å². The van der Waals surface area contributed by atoms with E-state index in [1.165, 1.54) is 16.7 Å². The molecular weight excluding hydrogens is 897 g/mol. The molecule has 3 aromatic carbocycles. The minimum atomic E-state index is -0.683. The Morgan fingerprint density at radius 2 is 1.64 bits per heavy atom. The van der Waals surface area contributed by atoms with Gasteiger partial charge in [0.05, 0.1) is 19.0 Å². The van der Waals surface area contributed by atoms with Gasteiger partial charge in [-0.15, -0.1) is 10.2 Å². The highest BCUT2D eigenvalue weighted by Gasteiger charge is 2.39. The number of ether oxygens (including phenoxy) is 1. The SMILES string of the molecule is CC1(N)CCN(c2cnc(Sc3cccc(NC(=O)CCCCOc4ccc(N5CCN(c6ccc(C(=O)NCc7ccc8c(c7)CN(C7CCC(=O)NC7=O)C8=O)nn6)CC5)cc4)c3)cn2)CC1. The third kappa shape index (κ3) is 11.8. The fraction of sp³-hybridized carbons (Fsp3) is 0.380. The van der Waals surface area contributed by atoms with Gasteiger partial charge in [-0.1, -0.05) is 30.0 Å². The van der Waals surface area contributed by atoms with Crippen LogP contribution in [0, 0.1) is 0 Å². The van der Waals surface area contributed by atoms with E-state index in [4.69, 9.17) is 10.5 Å². The molecule has 0 bridgehead atoms.